The van der Waals surface area contributed by atoms with Crippen molar-refractivity contribution >= 4 is 33.0 Å². The summed E-state index contributed by atoms with van der Waals surface area (Å²) in [6, 6.07) is 10.7. The molecule has 0 saturated carbocycles. The van der Waals surface area contributed by atoms with E-state index in [1.165, 1.54) is 0 Å². The number of nitrogens with zero attached hydrogens (tertiary/aromatic N) is 2. The number of carbonyl (C=O) groups excluding carboxylic acids is 1. The molecule has 2 aromatic heterocycles. The van der Waals surface area contributed by atoms with E-state index in [9.17, 15) is 26.4 Å². The number of alkyl halides is 3. The van der Waals surface area contributed by atoms with Crippen molar-refractivity contribution in [2.75, 3.05) is 13.1 Å². The molecule has 2 N–H and O–H groups in total. The number of hydrogen-bond donors (Lipinski definition) is 2. The van der Waals surface area contributed by atoms with Gasteiger partial charge in [-0.25, -0.2) is 18.2 Å². The summed E-state index contributed by atoms with van der Waals surface area (Å²) in [6.45, 7) is 6.67. The molecule has 0 bridgehead atoms. The van der Waals surface area contributed by atoms with Gasteiger partial charge < -0.3 is 14.8 Å². The number of benzene rings is 1. The first-order valence-corrected chi connectivity index (χ1v) is 13.1. The van der Waals surface area contributed by atoms with E-state index in [0.717, 1.165) is 35.0 Å². The Morgan fingerprint density at radius 2 is 1.66 bits per heavy atom. The van der Waals surface area contributed by atoms with Crippen LogP contribution in [0.15, 0.2) is 47.5 Å². The number of nitrogens with one attached hydrogen (secondary N) is 1. The van der Waals surface area contributed by atoms with E-state index in [1.807, 2.05) is 45.0 Å². The average Bonchev–Trinajstić information content (AvgIpc) is 3.47. The molecule has 1 aromatic carbocycles. The van der Waals surface area contributed by atoms with Crippen molar-refractivity contribution in [1.29, 1.82) is 0 Å². The number of carboxylic acids is 1. The molecule has 1 saturated heterocycles. The number of halogens is 3. The standard InChI is InChI=1S/C23H27N3O4S.C2HF3O2/c1-23(2,3)30-21(27)15-17-14-20-19(10-11-24-22(20)25-17)16-6-8-18(9-7-16)31(28,29)26-12-4-5-13-26;3-2(4,5)1(6)7/h6-11,14H,4-5,12-13,15H2,1-3H3,(H,24,25);(H,6,7). The third kappa shape index (κ3) is 7.32. The summed E-state index contributed by atoms with van der Waals surface area (Å²) in [6.07, 6.45) is -1.45. The Bertz CT molecular complexity index is 1400. The number of sulfonamides is 1. The van der Waals surface area contributed by atoms with Gasteiger partial charge in [0.25, 0.3) is 0 Å². The van der Waals surface area contributed by atoms with Gasteiger partial charge in [-0.2, -0.15) is 17.5 Å². The fourth-order valence-electron chi connectivity index (χ4n) is 3.85. The lowest BCUT2D eigenvalue weighted by molar-refractivity contribution is -0.192. The molecule has 3 heterocycles. The van der Waals surface area contributed by atoms with Crippen LogP contribution in [0.3, 0.4) is 0 Å². The molecule has 0 amide bonds. The average molecular weight is 556 g/mol. The smallest absolute Gasteiger partial charge is 0.475 e. The molecule has 1 aliphatic rings. The van der Waals surface area contributed by atoms with Crippen LogP contribution in [0.2, 0.25) is 0 Å². The van der Waals surface area contributed by atoms with Gasteiger partial charge in [-0.05, 0) is 69.0 Å². The van der Waals surface area contributed by atoms with Crippen LogP contribution in [0, 0.1) is 0 Å². The highest BCUT2D eigenvalue weighted by molar-refractivity contribution is 7.89. The summed E-state index contributed by atoms with van der Waals surface area (Å²) >= 11 is 0. The topological polar surface area (TPSA) is 130 Å². The number of aromatic nitrogens is 2. The molecule has 4 rings (SSSR count). The predicted molar refractivity (Wildman–Crippen MR) is 133 cm³/mol. The number of H-pyrrole nitrogens is 1. The van der Waals surface area contributed by atoms with Crippen LogP contribution < -0.4 is 0 Å². The predicted octanol–water partition coefficient (Wildman–Crippen LogP) is 4.53. The van der Waals surface area contributed by atoms with E-state index in [2.05, 4.69) is 9.97 Å². The summed E-state index contributed by atoms with van der Waals surface area (Å²) in [5.41, 5.74) is 2.66. The number of carboxylic acid groups (broad SMARTS) is 1. The van der Waals surface area contributed by atoms with Crippen molar-refractivity contribution in [1.82, 2.24) is 14.3 Å². The third-order valence-electron chi connectivity index (χ3n) is 5.45. The molecule has 206 valence electrons. The van der Waals surface area contributed by atoms with Crippen LogP contribution in [0.25, 0.3) is 22.2 Å². The quantitative estimate of drug-likeness (QED) is 0.443. The lowest BCUT2D eigenvalue weighted by Crippen LogP contribution is -2.27. The van der Waals surface area contributed by atoms with Gasteiger partial charge in [0.05, 0.1) is 11.3 Å². The number of hydrogen-bond acceptors (Lipinski definition) is 6. The summed E-state index contributed by atoms with van der Waals surface area (Å²) in [7, 11) is -3.44. The number of fused-ring (bicyclic) bond motifs is 1. The number of pyridine rings is 1. The van der Waals surface area contributed by atoms with Crippen molar-refractivity contribution in [3.63, 3.8) is 0 Å². The minimum Gasteiger partial charge on any atom is -0.475 e. The van der Waals surface area contributed by atoms with Gasteiger partial charge in [0.1, 0.15) is 11.2 Å². The molecule has 0 aliphatic carbocycles. The first-order chi connectivity index (χ1) is 17.6. The second-order valence-corrected chi connectivity index (χ2v) is 11.6. The fraction of sp³-hybridized carbons (Fsp3) is 0.400. The summed E-state index contributed by atoms with van der Waals surface area (Å²) < 4.78 is 64.2. The fourth-order valence-corrected chi connectivity index (χ4v) is 5.36. The first-order valence-electron chi connectivity index (χ1n) is 11.7. The van der Waals surface area contributed by atoms with Gasteiger partial charge in [0.15, 0.2) is 0 Å². The van der Waals surface area contributed by atoms with E-state index in [1.54, 1.807) is 22.6 Å². The molecule has 1 fully saturated rings. The number of ether oxygens (including phenoxy) is 1. The van der Waals surface area contributed by atoms with Crippen LogP contribution in [-0.4, -0.2) is 64.6 Å². The number of rotatable bonds is 5. The van der Waals surface area contributed by atoms with Gasteiger partial charge in [-0.15, -0.1) is 0 Å². The van der Waals surface area contributed by atoms with Crippen LogP contribution in [-0.2, 0) is 30.8 Å². The number of esters is 1. The Labute approximate surface area is 217 Å². The van der Waals surface area contributed by atoms with Gasteiger partial charge in [-0.3, -0.25) is 4.79 Å². The zero-order valence-electron chi connectivity index (χ0n) is 21.0. The second-order valence-electron chi connectivity index (χ2n) is 9.62. The summed E-state index contributed by atoms with van der Waals surface area (Å²) in [5.74, 6) is -3.07. The van der Waals surface area contributed by atoms with Crippen molar-refractivity contribution in [2.24, 2.45) is 0 Å². The minimum atomic E-state index is -5.08. The maximum Gasteiger partial charge on any atom is 0.490 e. The normalized spacial score (nSPS) is 14.7. The van der Waals surface area contributed by atoms with Crippen molar-refractivity contribution < 1.29 is 41.0 Å². The largest absolute Gasteiger partial charge is 0.490 e. The lowest BCUT2D eigenvalue weighted by Gasteiger charge is -2.19. The molecular formula is C25H28F3N3O6S. The molecule has 9 nitrogen and oxygen atoms in total. The summed E-state index contributed by atoms with van der Waals surface area (Å²) in [4.78, 5) is 28.9. The Balaban J connectivity index is 0.000000505. The van der Waals surface area contributed by atoms with E-state index in [4.69, 9.17) is 14.6 Å². The van der Waals surface area contributed by atoms with Crippen molar-refractivity contribution in [3.05, 3.63) is 48.3 Å². The zero-order valence-corrected chi connectivity index (χ0v) is 21.8. The molecule has 0 atom stereocenters. The monoisotopic (exact) mass is 555 g/mol. The molecule has 0 unspecified atom stereocenters. The van der Waals surface area contributed by atoms with E-state index in [0.29, 0.717) is 23.6 Å². The maximum atomic E-state index is 12.8. The van der Waals surface area contributed by atoms with E-state index in [-0.39, 0.29) is 12.4 Å². The molecule has 0 radical (unpaired) electrons. The Hall–Kier alpha value is -3.45. The molecule has 3 aromatic rings. The van der Waals surface area contributed by atoms with Gasteiger partial charge in [0, 0.05) is 30.4 Å². The second kappa shape index (κ2) is 11.1. The van der Waals surface area contributed by atoms with Gasteiger partial charge in [0.2, 0.25) is 10.0 Å². The number of aromatic amines is 1. The molecule has 38 heavy (non-hydrogen) atoms. The summed E-state index contributed by atoms with van der Waals surface area (Å²) in [5, 5.41) is 8.00. The lowest BCUT2D eigenvalue weighted by atomic mass is 10.0. The maximum absolute atomic E-state index is 12.8. The number of aliphatic carboxylic acids is 1. The first kappa shape index (κ1) is 29.1. The molecule has 0 spiro atoms. The van der Waals surface area contributed by atoms with E-state index >= 15 is 0 Å². The van der Waals surface area contributed by atoms with Crippen LogP contribution >= 0.6 is 0 Å². The van der Waals surface area contributed by atoms with Gasteiger partial charge >= 0.3 is 18.1 Å². The van der Waals surface area contributed by atoms with Crippen LogP contribution in [0.4, 0.5) is 13.2 Å². The highest BCUT2D eigenvalue weighted by Gasteiger charge is 2.38. The minimum absolute atomic E-state index is 0.125. The van der Waals surface area contributed by atoms with Crippen molar-refractivity contribution in [3.8, 4) is 11.1 Å². The molecular weight excluding hydrogens is 527 g/mol. The zero-order chi connectivity index (χ0) is 28.3. The number of carbonyl (C=O) groups is 2. The third-order valence-corrected chi connectivity index (χ3v) is 7.37. The molecule has 13 heteroatoms. The van der Waals surface area contributed by atoms with Crippen LogP contribution in [0.5, 0.6) is 0 Å². The Kier molecular flexibility index (Phi) is 8.52. The van der Waals surface area contributed by atoms with Gasteiger partial charge in [-0.1, -0.05) is 12.1 Å². The van der Waals surface area contributed by atoms with Crippen molar-refractivity contribution in [2.45, 2.75) is 56.7 Å². The highest BCUT2D eigenvalue weighted by atomic mass is 32.2. The highest BCUT2D eigenvalue weighted by Crippen LogP contribution is 2.30. The Morgan fingerprint density at radius 3 is 2.18 bits per heavy atom. The van der Waals surface area contributed by atoms with Crippen LogP contribution in [0.1, 0.15) is 39.3 Å². The SMILES string of the molecule is CC(C)(C)OC(=O)Cc1cc2c(-c3ccc(S(=O)(=O)N4CCCC4)cc3)ccnc2[nH]1.O=C(O)C(F)(F)F. The Morgan fingerprint density at radius 1 is 1.08 bits per heavy atom. The van der Waals surface area contributed by atoms with E-state index < -0.39 is 27.8 Å². The molecule has 1 aliphatic heterocycles.